The molecule has 0 aliphatic carbocycles. The number of pyridine rings is 1. The number of benzene rings is 3. The molecule has 1 amide bonds. The van der Waals surface area contributed by atoms with Gasteiger partial charge in [-0.25, -0.2) is 0 Å². The number of ketones is 1. The van der Waals surface area contributed by atoms with Gasteiger partial charge in [-0.2, -0.15) is 0 Å². The van der Waals surface area contributed by atoms with E-state index in [0.717, 1.165) is 33.3 Å². The minimum absolute atomic E-state index is 0.358. The summed E-state index contributed by atoms with van der Waals surface area (Å²) in [5.41, 5.74) is 5.80. The number of fused-ring (bicyclic) bond motifs is 1. The lowest BCUT2D eigenvalue weighted by Crippen LogP contribution is -2.35. The highest BCUT2D eigenvalue weighted by Crippen LogP contribution is 2.29. The van der Waals surface area contributed by atoms with Crippen molar-refractivity contribution in [3.05, 3.63) is 138 Å². The second-order valence-electron chi connectivity index (χ2n) is 8.33. The minimum Gasteiger partial charge on any atom is -0.338 e. The normalized spacial score (nSPS) is 11.0. The van der Waals surface area contributed by atoms with Crippen LogP contribution in [0.3, 0.4) is 0 Å². The molecule has 0 spiro atoms. The van der Waals surface area contributed by atoms with E-state index in [1.54, 1.807) is 4.40 Å². The highest BCUT2D eigenvalue weighted by Gasteiger charge is 2.27. The molecule has 5 aromatic rings. The number of aromatic nitrogens is 1. The zero-order valence-corrected chi connectivity index (χ0v) is 18.8. The molecule has 0 unspecified atom stereocenters. The summed E-state index contributed by atoms with van der Waals surface area (Å²) in [6.07, 6.45) is 1.82. The fourth-order valence-corrected chi connectivity index (χ4v) is 4.26. The second kappa shape index (κ2) is 9.20. The van der Waals surface area contributed by atoms with E-state index in [9.17, 15) is 9.59 Å². The van der Waals surface area contributed by atoms with E-state index in [4.69, 9.17) is 0 Å². The highest BCUT2D eigenvalue weighted by molar-refractivity contribution is 6.43. The van der Waals surface area contributed by atoms with Crippen molar-refractivity contribution in [3.63, 3.8) is 0 Å². The maximum absolute atomic E-state index is 13.6. The van der Waals surface area contributed by atoms with E-state index >= 15 is 0 Å². The van der Waals surface area contributed by atoms with Crippen LogP contribution in [0, 0.1) is 6.92 Å². The molecular formula is C30H24N2O2. The lowest BCUT2D eigenvalue weighted by Gasteiger charge is -2.19. The van der Waals surface area contributed by atoms with E-state index in [1.165, 1.54) is 0 Å². The van der Waals surface area contributed by atoms with Crippen molar-refractivity contribution in [3.8, 4) is 11.1 Å². The van der Waals surface area contributed by atoms with Crippen LogP contribution in [0.2, 0.25) is 0 Å². The number of Topliss-reactive ketones (excluding diaryl/α,β-unsaturated/α-hetero) is 1. The number of amides is 1. The molecular weight excluding hydrogens is 420 g/mol. The Hall–Kier alpha value is -4.44. The summed E-state index contributed by atoms with van der Waals surface area (Å²) in [7, 11) is 0. The van der Waals surface area contributed by atoms with Gasteiger partial charge in [0.25, 0.3) is 11.7 Å². The number of hydrogen-bond donors (Lipinski definition) is 1. The van der Waals surface area contributed by atoms with Crippen molar-refractivity contribution in [1.29, 1.82) is 0 Å². The fourth-order valence-electron chi connectivity index (χ4n) is 4.26. The van der Waals surface area contributed by atoms with Gasteiger partial charge in [0.1, 0.15) is 5.69 Å². The Morgan fingerprint density at radius 2 is 1.32 bits per heavy atom. The zero-order valence-electron chi connectivity index (χ0n) is 18.8. The molecule has 3 aromatic carbocycles. The zero-order chi connectivity index (χ0) is 23.5. The summed E-state index contributed by atoms with van der Waals surface area (Å²) in [5, 5.41) is 2.99. The maximum Gasteiger partial charge on any atom is 0.294 e. The molecule has 0 bridgehead atoms. The summed E-state index contributed by atoms with van der Waals surface area (Å²) in [5.74, 6) is -1.21. The number of nitrogens with one attached hydrogen (secondary N) is 1. The van der Waals surface area contributed by atoms with Crippen LogP contribution in [0.15, 0.2) is 115 Å². The Morgan fingerprint density at radius 3 is 1.94 bits per heavy atom. The molecule has 0 saturated heterocycles. The van der Waals surface area contributed by atoms with Crippen molar-refractivity contribution >= 4 is 17.2 Å². The Kier molecular flexibility index (Phi) is 5.79. The first-order chi connectivity index (χ1) is 16.6. The molecule has 4 nitrogen and oxygen atoms in total. The van der Waals surface area contributed by atoms with Crippen molar-refractivity contribution < 1.29 is 9.59 Å². The van der Waals surface area contributed by atoms with Gasteiger partial charge >= 0.3 is 0 Å². The molecule has 1 N–H and O–H groups in total. The lowest BCUT2D eigenvalue weighted by molar-refractivity contribution is -0.117. The topological polar surface area (TPSA) is 50.6 Å². The SMILES string of the molecule is Cc1ccc(-c2cc3ccccn3c2C(=O)C(=O)NC(c2ccccc2)c2ccccc2)cc1. The minimum atomic E-state index is -0.644. The van der Waals surface area contributed by atoms with Crippen LogP contribution < -0.4 is 5.32 Å². The largest absolute Gasteiger partial charge is 0.338 e. The molecule has 0 radical (unpaired) electrons. The maximum atomic E-state index is 13.6. The van der Waals surface area contributed by atoms with E-state index in [1.807, 2.05) is 122 Å². The van der Waals surface area contributed by atoms with Gasteiger partial charge in [-0.15, -0.1) is 0 Å². The van der Waals surface area contributed by atoms with Gasteiger partial charge in [-0.05, 0) is 41.8 Å². The molecule has 2 aromatic heterocycles. The summed E-state index contributed by atoms with van der Waals surface area (Å²) >= 11 is 0. The highest BCUT2D eigenvalue weighted by atomic mass is 16.2. The number of carbonyl (C=O) groups excluding carboxylic acids is 2. The van der Waals surface area contributed by atoms with Crippen LogP contribution in [0.5, 0.6) is 0 Å². The molecule has 166 valence electrons. The molecule has 0 aliphatic rings. The molecule has 0 saturated carbocycles. The molecule has 0 fully saturated rings. The van der Waals surface area contributed by atoms with Crippen LogP contribution in [-0.2, 0) is 4.79 Å². The standard InChI is InChI=1S/C30H24N2O2/c1-21-15-17-22(18-16-21)26-20-25-14-8-9-19-32(25)28(26)29(33)30(34)31-27(23-10-4-2-5-11-23)24-12-6-3-7-13-24/h2-20,27H,1H3,(H,31,34). The quantitative estimate of drug-likeness (QED) is 0.258. The van der Waals surface area contributed by atoms with Gasteiger partial charge in [0, 0.05) is 17.3 Å². The number of nitrogens with zero attached hydrogens (tertiary/aromatic N) is 1. The van der Waals surface area contributed by atoms with Gasteiger partial charge in [0.2, 0.25) is 0 Å². The second-order valence-corrected chi connectivity index (χ2v) is 8.33. The monoisotopic (exact) mass is 444 g/mol. The predicted molar refractivity (Wildman–Crippen MR) is 135 cm³/mol. The number of rotatable bonds is 6. The number of aryl methyl sites for hydroxylation is 1. The molecule has 0 aliphatic heterocycles. The number of hydrogen-bond acceptors (Lipinski definition) is 2. The van der Waals surface area contributed by atoms with Gasteiger partial charge < -0.3 is 9.72 Å². The Balaban J connectivity index is 1.55. The predicted octanol–water partition coefficient (Wildman–Crippen LogP) is 6.00. The van der Waals surface area contributed by atoms with Crippen molar-refractivity contribution in [1.82, 2.24) is 9.72 Å². The fraction of sp³-hybridized carbons (Fsp3) is 0.0667. The Bertz CT molecular complexity index is 1410. The smallest absolute Gasteiger partial charge is 0.294 e. The molecule has 0 atom stereocenters. The molecule has 34 heavy (non-hydrogen) atoms. The van der Waals surface area contributed by atoms with Crippen LogP contribution in [0.1, 0.15) is 33.2 Å². The van der Waals surface area contributed by atoms with E-state index < -0.39 is 17.7 Å². The van der Waals surface area contributed by atoms with Gasteiger partial charge in [-0.1, -0.05) is 96.6 Å². The van der Waals surface area contributed by atoms with Crippen LogP contribution >= 0.6 is 0 Å². The third-order valence-corrected chi connectivity index (χ3v) is 6.00. The van der Waals surface area contributed by atoms with Crippen LogP contribution in [-0.4, -0.2) is 16.1 Å². The number of carbonyl (C=O) groups is 2. The summed E-state index contributed by atoms with van der Waals surface area (Å²) in [4.78, 5) is 27.1. The first-order valence-corrected chi connectivity index (χ1v) is 11.2. The first kappa shape index (κ1) is 21.4. The molecule has 4 heteroatoms. The van der Waals surface area contributed by atoms with Crippen molar-refractivity contribution in [2.45, 2.75) is 13.0 Å². The van der Waals surface area contributed by atoms with E-state index in [0.29, 0.717) is 5.69 Å². The van der Waals surface area contributed by atoms with E-state index in [2.05, 4.69) is 5.32 Å². The van der Waals surface area contributed by atoms with Crippen LogP contribution in [0.4, 0.5) is 0 Å². The third-order valence-electron chi connectivity index (χ3n) is 6.00. The van der Waals surface area contributed by atoms with E-state index in [-0.39, 0.29) is 0 Å². The van der Waals surface area contributed by atoms with Gasteiger partial charge in [0.05, 0.1) is 6.04 Å². The first-order valence-electron chi connectivity index (χ1n) is 11.2. The van der Waals surface area contributed by atoms with Crippen LogP contribution in [0.25, 0.3) is 16.6 Å². The molecule has 2 heterocycles. The summed E-state index contributed by atoms with van der Waals surface area (Å²) < 4.78 is 1.79. The molecule has 5 rings (SSSR count). The van der Waals surface area contributed by atoms with Crippen molar-refractivity contribution in [2.75, 3.05) is 0 Å². The van der Waals surface area contributed by atoms with Gasteiger partial charge in [0.15, 0.2) is 0 Å². The summed E-state index contributed by atoms with van der Waals surface area (Å²) in [6, 6.07) is 34.6. The third kappa shape index (κ3) is 4.14. The lowest BCUT2D eigenvalue weighted by atomic mass is 9.98. The van der Waals surface area contributed by atoms with Crippen molar-refractivity contribution in [2.24, 2.45) is 0 Å². The average molecular weight is 445 g/mol. The Labute approximate surface area is 198 Å². The van der Waals surface area contributed by atoms with Gasteiger partial charge in [-0.3, -0.25) is 9.59 Å². The average Bonchev–Trinajstić information content (AvgIpc) is 3.27. The Morgan fingerprint density at radius 1 is 0.735 bits per heavy atom. The summed E-state index contributed by atoms with van der Waals surface area (Å²) in [6.45, 7) is 2.02.